The summed E-state index contributed by atoms with van der Waals surface area (Å²) in [6.07, 6.45) is 0. The van der Waals surface area contributed by atoms with Crippen LogP contribution in [0.5, 0.6) is 0 Å². The first kappa shape index (κ1) is 13.3. The molecule has 0 amide bonds. The van der Waals surface area contributed by atoms with E-state index in [1.54, 1.807) is 0 Å². The summed E-state index contributed by atoms with van der Waals surface area (Å²) in [5.74, 6) is 4.22. The van der Waals surface area contributed by atoms with E-state index in [9.17, 15) is 0 Å². The summed E-state index contributed by atoms with van der Waals surface area (Å²) < 4.78 is 21.9. The molecule has 0 aliphatic heterocycles. The topological polar surface area (TPSA) is 36.9 Å². The molecule has 74 valence electrons. The maximum absolute atomic E-state index is 5.59. The van der Waals surface area contributed by atoms with Gasteiger partial charge in [0.05, 0.1) is 0 Å². The Morgan fingerprint density at radius 2 is 1.25 bits per heavy atom. The molecule has 0 fully saturated rings. The van der Waals surface area contributed by atoms with Gasteiger partial charge in [0, 0.05) is 0 Å². The predicted octanol–water partition coefficient (Wildman–Crippen LogP) is -4.43. The Labute approximate surface area is 88.5 Å². The third-order valence-corrected chi connectivity index (χ3v) is 18.1. The predicted molar refractivity (Wildman–Crippen MR) is 64.3 cm³/mol. The molecule has 0 atom stereocenters. The van der Waals surface area contributed by atoms with E-state index in [0.29, 0.717) is 31.5 Å². The normalized spacial score (nSPS) is 18.5. The van der Waals surface area contributed by atoms with Crippen LogP contribution < -0.4 is 0 Å². The van der Waals surface area contributed by atoms with Crippen molar-refractivity contribution < 1.29 is 16.7 Å². The molecule has 0 unspecified atom stereocenters. The van der Waals surface area contributed by atoms with Gasteiger partial charge in [-0.3, -0.25) is 0 Å². The van der Waals surface area contributed by atoms with Crippen LogP contribution in [0.25, 0.3) is 0 Å². The van der Waals surface area contributed by atoms with Gasteiger partial charge in [0.2, 0.25) is 0 Å². The fourth-order valence-corrected chi connectivity index (χ4v) is 15.7. The fraction of sp³-hybridized carbons (Fsp3) is 1.00. The Balaban J connectivity index is 4.69. The van der Waals surface area contributed by atoms with Gasteiger partial charge in [0.1, 0.15) is 0 Å². The first-order valence-electron chi connectivity index (χ1n) is 3.70. The summed E-state index contributed by atoms with van der Waals surface area (Å²) >= 11 is -2.47. The van der Waals surface area contributed by atoms with E-state index < -0.39 is 18.4 Å². The van der Waals surface area contributed by atoms with E-state index in [1.165, 1.54) is 0 Å². The van der Waals surface area contributed by atoms with E-state index in [2.05, 4.69) is 11.5 Å². The summed E-state index contributed by atoms with van der Waals surface area (Å²) in [6.45, 7) is 0. The van der Waals surface area contributed by atoms with Gasteiger partial charge in [-0.05, 0) is 0 Å². The van der Waals surface area contributed by atoms with Crippen LogP contribution in [0.15, 0.2) is 0 Å². The van der Waals surface area contributed by atoms with Gasteiger partial charge in [0.25, 0.3) is 0 Å². The molecule has 0 N–H and O–H groups in total. The third-order valence-electron chi connectivity index (χ3n) is 2.05. The van der Waals surface area contributed by atoms with Crippen molar-refractivity contribution in [3.8, 4) is 0 Å². The third kappa shape index (κ3) is 2.39. The molecule has 0 saturated heterocycles. The SMILES string of the molecule is [CH3][Ge]([CH3])([O][SiH3])[C](O[SiH3])(O[SiH3])O[SiH3]. The second kappa shape index (κ2) is 5.21. The van der Waals surface area contributed by atoms with Crippen molar-refractivity contribution in [3.63, 3.8) is 0 Å². The summed E-state index contributed by atoms with van der Waals surface area (Å²) in [6, 6.07) is 0. The van der Waals surface area contributed by atoms with Gasteiger partial charge in [-0.25, -0.2) is 0 Å². The van der Waals surface area contributed by atoms with Crippen LogP contribution in [0.3, 0.4) is 0 Å². The molecule has 0 heterocycles. The molecule has 0 aliphatic carbocycles. The Morgan fingerprint density at radius 3 is 1.33 bits per heavy atom. The van der Waals surface area contributed by atoms with E-state index in [4.69, 9.17) is 16.7 Å². The van der Waals surface area contributed by atoms with Gasteiger partial charge in [-0.2, -0.15) is 0 Å². The monoisotopic (exact) mass is 304 g/mol. The standard InChI is InChI=1S/C3H18GeO4Si4/c1-4(2,8-12)3(5-9,6-10)7-11/h1-2,9-12H3. The number of rotatable bonds is 5. The summed E-state index contributed by atoms with van der Waals surface area (Å²) in [5.41, 5.74) is 0. The Hall–Kier alpha value is 1.25. The van der Waals surface area contributed by atoms with Crippen LogP contribution >= 0.6 is 0 Å². The van der Waals surface area contributed by atoms with Gasteiger partial charge < -0.3 is 0 Å². The van der Waals surface area contributed by atoms with Crippen molar-refractivity contribution in [2.75, 3.05) is 0 Å². The van der Waals surface area contributed by atoms with E-state index >= 15 is 0 Å². The fourth-order valence-electron chi connectivity index (χ4n) is 1.11. The molecule has 0 saturated carbocycles. The van der Waals surface area contributed by atoms with E-state index in [1.807, 2.05) is 0 Å². The van der Waals surface area contributed by atoms with Crippen LogP contribution in [-0.4, -0.2) is 60.4 Å². The second-order valence-corrected chi connectivity index (χ2v) is 14.7. The van der Waals surface area contributed by atoms with Crippen molar-refractivity contribution in [2.45, 2.75) is 16.3 Å². The van der Waals surface area contributed by atoms with Crippen LogP contribution in [0.4, 0.5) is 0 Å². The zero-order valence-corrected chi connectivity index (χ0v) is 18.7. The molecule has 0 aromatic rings. The average molecular weight is 303 g/mol. The van der Waals surface area contributed by atoms with Crippen LogP contribution in [0, 0.1) is 0 Å². The molecular formula is C3H18GeO4Si4. The Morgan fingerprint density at radius 1 is 0.917 bits per heavy atom. The zero-order valence-electron chi connectivity index (χ0n) is 8.63. The first-order valence-corrected chi connectivity index (χ1v) is 13.1. The summed E-state index contributed by atoms with van der Waals surface area (Å²) in [4.78, 5) is -0.744. The van der Waals surface area contributed by atoms with Crippen molar-refractivity contribution in [1.82, 2.24) is 0 Å². The van der Waals surface area contributed by atoms with Crippen LogP contribution in [-0.2, 0) is 16.7 Å². The van der Waals surface area contributed by atoms with Crippen LogP contribution in [0.2, 0.25) is 11.5 Å². The molecule has 12 heavy (non-hydrogen) atoms. The zero-order chi connectivity index (χ0) is 9.83. The average Bonchev–Trinajstić information content (AvgIpc) is 2.08. The molecular weight excluding hydrogens is 285 g/mol. The van der Waals surface area contributed by atoms with E-state index in [-0.39, 0.29) is 0 Å². The van der Waals surface area contributed by atoms with Gasteiger partial charge in [0.15, 0.2) is 0 Å². The molecule has 9 heteroatoms. The molecule has 0 aromatic carbocycles. The van der Waals surface area contributed by atoms with E-state index in [0.717, 1.165) is 10.5 Å². The van der Waals surface area contributed by atoms with Crippen molar-refractivity contribution in [3.05, 3.63) is 0 Å². The van der Waals surface area contributed by atoms with Gasteiger partial charge in [-0.1, -0.05) is 0 Å². The quantitative estimate of drug-likeness (QED) is 0.379. The summed E-state index contributed by atoms with van der Waals surface area (Å²) in [5, 5.41) is 0. The van der Waals surface area contributed by atoms with Crippen molar-refractivity contribution in [2.24, 2.45) is 0 Å². The molecule has 0 spiro atoms. The molecule has 0 rings (SSSR count). The molecule has 4 nitrogen and oxygen atoms in total. The minimum absolute atomic E-state index is 0.628. The molecule has 0 aromatic heterocycles. The summed E-state index contributed by atoms with van der Waals surface area (Å²) in [7, 11) is 2.61. The maximum atomic E-state index is 5.59. The Bertz CT molecular complexity index is 132. The van der Waals surface area contributed by atoms with Gasteiger partial charge >= 0.3 is 88.6 Å². The molecule has 0 bridgehead atoms. The van der Waals surface area contributed by atoms with Gasteiger partial charge in [-0.15, -0.1) is 0 Å². The van der Waals surface area contributed by atoms with Crippen molar-refractivity contribution in [1.29, 1.82) is 0 Å². The Kier molecular flexibility index (Phi) is 5.75. The molecule has 0 aliphatic rings. The number of hydrogen-bond acceptors (Lipinski definition) is 4. The second-order valence-electron chi connectivity index (χ2n) is 2.88. The minimum atomic E-state index is -2.47. The molecule has 0 radical (unpaired) electrons. The van der Waals surface area contributed by atoms with Crippen molar-refractivity contribution >= 4 is 55.5 Å². The van der Waals surface area contributed by atoms with Crippen LogP contribution in [0.1, 0.15) is 0 Å². The first-order chi connectivity index (χ1) is 5.49. The number of hydrogen-bond donors (Lipinski definition) is 0.